The van der Waals surface area contributed by atoms with E-state index in [1.807, 2.05) is 13.8 Å². The molecule has 548 valence electrons. The summed E-state index contributed by atoms with van der Waals surface area (Å²) in [5.41, 5.74) is -1.06. The monoisotopic (exact) mass is 1370 g/mol. The van der Waals surface area contributed by atoms with Crippen LogP contribution in [-0.4, -0.2) is 321 Å². The molecule has 3 aliphatic heterocycles. The molecule has 37 heteroatoms. The fourth-order valence-corrected chi connectivity index (χ4v) is 9.96. The first kappa shape index (κ1) is 83.7. The van der Waals surface area contributed by atoms with Crippen molar-refractivity contribution in [1.29, 1.82) is 0 Å². The van der Waals surface area contributed by atoms with Crippen LogP contribution in [0.25, 0.3) is 0 Å². The molecule has 19 N–H and O–H groups in total. The van der Waals surface area contributed by atoms with Crippen LogP contribution in [0, 0.1) is 0 Å². The van der Waals surface area contributed by atoms with Crippen LogP contribution in [0.2, 0.25) is 0 Å². The standard InChI is InChI=1S/C58H104N10O27/c1-33(2)68-58(30-87-21-9-40(75)59-15-6-18-62-43(78)12-24-90-55-46(65-34(3)72)52(84)49(81)37(27-69)93-55,31-88-22-10-41(76)60-16-7-19-63-44(79)13-25-91-56-47(66-35(4)73)53(85)50(82)38(28-70)94-56)32-89-23-11-42(77)61-17-8-20-64-45(80)14-26-92-57-48(67-36(5)74)54(86)51(83)39(29-71)95-57/h33,37-39,46-57,68-71,81-86H,6-32H2,1-5H3,(H,59,75)(H,60,76)(H,61,77)(H,62,78)(H,63,79)(H,64,80)(H,65,72)(H,66,73)(H,67,74). The summed E-state index contributed by atoms with van der Waals surface area (Å²) in [4.78, 5) is 111. The summed E-state index contributed by atoms with van der Waals surface area (Å²) in [6, 6.07) is -3.65. The Morgan fingerprint density at radius 3 is 0.821 bits per heavy atom. The lowest BCUT2D eigenvalue weighted by Crippen LogP contribution is -2.64. The first-order chi connectivity index (χ1) is 45.2. The Balaban J connectivity index is 1.44. The van der Waals surface area contributed by atoms with Crippen LogP contribution in [0.4, 0.5) is 0 Å². The zero-order valence-electron chi connectivity index (χ0n) is 54.7. The SMILES string of the molecule is CC(=O)NC1C(OCCC(=O)NCCCNC(=O)CCOCC(COCCC(=O)NCCCNC(=O)CCOC2OC(CO)C(O)C(O)C2NC(C)=O)(COCCC(=O)NCCCNC(=O)CCOC2OC(CO)C(O)C(O)C2NC(C)=O)NC(C)C)OC(CO)C(O)C1O. The Bertz CT molecular complexity index is 2090. The largest absolute Gasteiger partial charge is 0.394 e. The molecule has 9 amide bonds. The summed E-state index contributed by atoms with van der Waals surface area (Å²) in [7, 11) is 0. The maximum absolute atomic E-state index is 12.8. The van der Waals surface area contributed by atoms with Gasteiger partial charge in [0.15, 0.2) is 18.9 Å². The third kappa shape index (κ3) is 32.1. The zero-order chi connectivity index (χ0) is 70.5. The van der Waals surface area contributed by atoms with E-state index in [1.165, 1.54) is 20.8 Å². The molecule has 15 atom stereocenters. The average Bonchev–Trinajstić information content (AvgIpc) is 0.831. The van der Waals surface area contributed by atoms with E-state index in [-0.39, 0.29) is 161 Å². The molecule has 0 spiro atoms. The van der Waals surface area contributed by atoms with E-state index in [9.17, 15) is 89.1 Å². The third-order valence-corrected chi connectivity index (χ3v) is 14.7. The predicted octanol–water partition coefficient (Wildman–Crippen LogP) is -9.14. The van der Waals surface area contributed by atoms with Gasteiger partial charge < -0.3 is 142 Å². The molecule has 3 fully saturated rings. The van der Waals surface area contributed by atoms with E-state index in [4.69, 9.17) is 42.6 Å². The van der Waals surface area contributed by atoms with E-state index in [2.05, 4.69) is 53.2 Å². The summed E-state index contributed by atoms with van der Waals surface area (Å²) in [5, 5.41) is 118. The summed E-state index contributed by atoms with van der Waals surface area (Å²) in [6.45, 7) is 5.90. The molecule has 0 aromatic carbocycles. The molecule has 0 aromatic heterocycles. The molecule has 15 unspecified atom stereocenters. The van der Waals surface area contributed by atoms with Crippen molar-refractivity contribution < 1.29 is 132 Å². The van der Waals surface area contributed by atoms with Gasteiger partial charge in [-0.2, -0.15) is 0 Å². The Morgan fingerprint density at radius 2 is 0.611 bits per heavy atom. The van der Waals surface area contributed by atoms with Crippen LogP contribution in [0.15, 0.2) is 0 Å². The molecule has 0 bridgehead atoms. The van der Waals surface area contributed by atoms with Gasteiger partial charge in [0.05, 0.1) is 104 Å². The molecule has 0 aromatic rings. The minimum Gasteiger partial charge on any atom is -0.394 e. The van der Waals surface area contributed by atoms with Crippen molar-refractivity contribution >= 4 is 53.2 Å². The second-order valence-corrected chi connectivity index (χ2v) is 23.3. The van der Waals surface area contributed by atoms with Gasteiger partial charge in [0, 0.05) is 85.3 Å². The van der Waals surface area contributed by atoms with Gasteiger partial charge in [-0.05, 0) is 19.3 Å². The molecule has 3 aliphatic rings. The van der Waals surface area contributed by atoms with Gasteiger partial charge in [0.25, 0.3) is 0 Å². The van der Waals surface area contributed by atoms with Gasteiger partial charge in [-0.25, -0.2) is 0 Å². The number of nitrogens with one attached hydrogen (secondary N) is 10. The Hall–Kier alpha value is -5.53. The van der Waals surface area contributed by atoms with Crippen molar-refractivity contribution in [3.8, 4) is 0 Å². The smallest absolute Gasteiger partial charge is 0.222 e. The lowest BCUT2D eigenvalue weighted by Gasteiger charge is -2.42. The second-order valence-electron chi connectivity index (χ2n) is 23.3. The van der Waals surface area contributed by atoms with Crippen molar-refractivity contribution in [2.45, 2.75) is 196 Å². The number of rotatable bonds is 47. The van der Waals surface area contributed by atoms with Crippen LogP contribution in [0.5, 0.6) is 0 Å². The maximum atomic E-state index is 12.8. The van der Waals surface area contributed by atoms with Gasteiger partial charge in [0.1, 0.15) is 73.1 Å². The van der Waals surface area contributed by atoms with E-state index in [1.54, 1.807) is 0 Å². The van der Waals surface area contributed by atoms with Crippen molar-refractivity contribution in [2.75, 3.05) is 119 Å². The molecule has 37 nitrogen and oxygen atoms in total. The molecule has 3 heterocycles. The second kappa shape index (κ2) is 45.9. The first-order valence-electron chi connectivity index (χ1n) is 31.9. The van der Waals surface area contributed by atoms with Crippen molar-refractivity contribution in [3.63, 3.8) is 0 Å². The first-order valence-corrected chi connectivity index (χ1v) is 31.9. The Labute approximate surface area is 551 Å². The number of aliphatic hydroxyl groups excluding tert-OH is 9. The lowest BCUT2D eigenvalue weighted by molar-refractivity contribution is -0.270. The highest BCUT2D eigenvalue weighted by Gasteiger charge is 2.48. The summed E-state index contributed by atoms with van der Waals surface area (Å²) < 4.78 is 51.3. The Morgan fingerprint density at radius 1 is 0.379 bits per heavy atom. The molecule has 0 aliphatic carbocycles. The fourth-order valence-electron chi connectivity index (χ4n) is 9.96. The highest BCUT2D eigenvalue weighted by molar-refractivity contribution is 5.78. The average molecular weight is 1370 g/mol. The molecular weight excluding hydrogens is 1270 g/mol. The van der Waals surface area contributed by atoms with Crippen molar-refractivity contribution in [3.05, 3.63) is 0 Å². The molecule has 3 saturated heterocycles. The minimum atomic E-state index is -1.51. The van der Waals surface area contributed by atoms with Crippen molar-refractivity contribution in [1.82, 2.24) is 53.2 Å². The van der Waals surface area contributed by atoms with Crippen LogP contribution in [0.3, 0.4) is 0 Å². The number of aliphatic hydroxyl groups is 9. The van der Waals surface area contributed by atoms with Gasteiger partial charge in [0.2, 0.25) is 53.2 Å². The zero-order valence-corrected chi connectivity index (χ0v) is 54.7. The summed E-state index contributed by atoms with van der Waals surface area (Å²) in [6.07, 6.45) is -15.8. The predicted molar refractivity (Wildman–Crippen MR) is 327 cm³/mol. The molecule has 0 saturated carbocycles. The van der Waals surface area contributed by atoms with Gasteiger partial charge in [-0.3, -0.25) is 43.2 Å². The number of amides is 9. The van der Waals surface area contributed by atoms with Crippen LogP contribution >= 0.6 is 0 Å². The highest BCUT2D eigenvalue weighted by Crippen LogP contribution is 2.25. The molecular formula is C58H104N10O27. The highest BCUT2D eigenvalue weighted by atomic mass is 16.7. The van der Waals surface area contributed by atoms with Crippen LogP contribution in [0.1, 0.15) is 92.4 Å². The quantitative estimate of drug-likeness (QED) is 0.0252. The fraction of sp³-hybridized carbons (Fsp3) is 0.845. The minimum absolute atomic E-state index is 0.0311. The van der Waals surface area contributed by atoms with E-state index in [0.717, 1.165) is 0 Å². The Kier molecular flexibility index (Phi) is 40.4. The molecule has 95 heavy (non-hydrogen) atoms. The number of carbonyl (C=O) groups excluding carboxylic acids is 9. The summed E-state index contributed by atoms with van der Waals surface area (Å²) >= 11 is 0. The number of hydrogen-bond acceptors (Lipinski definition) is 28. The molecule has 0 radical (unpaired) electrons. The summed E-state index contributed by atoms with van der Waals surface area (Å²) in [5.74, 6) is -3.82. The van der Waals surface area contributed by atoms with Gasteiger partial charge in [-0.15, -0.1) is 0 Å². The van der Waals surface area contributed by atoms with Crippen molar-refractivity contribution in [2.24, 2.45) is 0 Å². The topological polar surface area (TPSA) is 539 Å². The van der Waals surface area contributed by atoms with E-state index < -0.39 is 153 Å². The van der Waals surface area contributed by atoms with E-state index in [0.29, 0.717) is 19.3 Å². The van der Waals surface area contributed by atoms with Crippen LogP contribution < -0.4 is 53.2 Å². The van der Waals surface area contributed by atoms with Gasteiger partial charge >= 0.3 is 0 Å². The van der Waals surface area contributed by atoms with E-state index >= 15 is 0 Å². The molecule has 3 rings (SSSR count). The van der Waals surface area contributed by atoms with Crippen LogP contribution in [-0.2, 0) is 85.8 Å². The number of ether oxygens (including phenoxy) is 9. The normalized spacial score (nSPS) is 26.5. The number of carbonyl (C=O) groups is 9. The van der Waals surface area contributed by atoms with Gasteiger partial charge in [-0.1, -0.05) is 13.8 Å². The lowest BCUT2D eigenvalue weighted by atomic mass is 9.97. The number of hydrogen-bond donors (Lipinski definition) is 19. The third-order valence-electron chi connectivity index (χ3n) is 14.7. The maximum Gasteiger partial charge on any atom is 0.222 e.